The second-order valence-electron chi connectivity index (χ2n) is 4.87. The Labute approximate surface area is 115 Å². The zero-order chi connectivity index (χ0) is 14.3. The minimum Gasteiger partial charge on any atom is -0.399 e. The van der Waals surface area contributed by atoms with E-state index in [1.165, 1.54) is 12.1 Å². The number of benzene rings is 1. The number of nitrogens with zero attached hydrogens (tertiary/aromatic N) is 4. The smallest absolute Gasteiger partial charge is 0.257 e. The van der Waals surface area contributed by atoms with Gasteiger partial charge < -0.3 is 15.2 Å². The molecule has 2 aromatic rings. The van der Waals surface area contributed by atoms with Gasteiger partial charge in [-0.3, -0.25) is 4.79 Å². The number of hydrogen-bond donors (Lipinski definition) is 1. The first-order valence-electron chi connectivity index (χ1n) is 6.28. The molecule has 2 N–H and O–H groups in total. The summed E-state index contributed by atoms with van der Waals surface area (Å²) >= 11 is 0. The van der Waals surface area contributed by atoms with Gasteiger partial charge in [0.05, 0.1) is 12.1 Å². The van der Waals surface area contributed by atoms with Gasteiger partial charge in [-0.25, -0.2) is 4.39 Å². The van der Waals surface area contributed by atoms with Crippen molar-refractivity contribution < 1.29 is 9.18 Å². The second-order valence-corrected chi connectivity index (χ2v) is 4.87. The highest BCUT2D eigenvalue weighted by molar-refractivity contribution is 5.95. The van der Waals surface area contributed by atoms with Crippen molar-refractivity contribution >= 4 is 11.6 Å². The predicted molar refractivity (Wildman–Crippen MR) is 70.3 cm³/mol. The molecule has 0 aliphatic carbocycles. The number of aromatic nitrogens is 3. The summed E-state index contributed by atoms with van der Waals surface area (Å²) in [7, 11) is 0. The molecule has 0 saturated carbocycles. The summed E-state index contributed by atoms with van der Waals surface area (Å²) in [6.45, 7) is 3.02. The van der Waals surface area contributed by atoms with Gasteiger partial charge in [0.25, 0.3) is 5.91 Å². The topological polar surface area (TPSA) is 77.0 Å². The number of fused-ring (bicyclic) bond motifs is 1. The maximum Gasteiger partial charge on any atom is 0.257 e. The highest BCUT2D eigenvalue weighted by Crippen LogP contribution is 2.20. The summed E-state index contributed by atoms with van der Waals surface area (Å²) in [6.07, 6.45) is 1.63. The third-order valence-corrected chi connectivity index (χ3v) is 3.43. The van der Waals surface area contributed by atoms with Crippen molar-refractivity contribution in [2.24, 2.45) is 0 Å². The molecular weight excluding hydrogens is 261 g/mol. The molecule has 0 atom stereocenters. The van der Waals surface area contributed by atoms with E-state index >= 15 is 0 Å². The van der Waals surface area contributed by atoms with Crippen LogP contribution >= 0.6 is 0 Å². The van der Waals surface area contributed by atoms with E-state index in [1.54, 1.807) is 18.2 Å². The fraction of sp³-hybridized carbons (Fsp3) is 0.308. The largest absolute Gasteiger partial charge is 0.399 e. The van der Waals surface area contributed by atoms with Crippen LogP contribution in [0.3, 0.4) is 0 Å². The summed E-state index contributed by atoms with van der Waals surface area (Å²) in [5.74, 6) is -0.186. The molecule has 0 spiro atoms. The molecule has 0 radical (unpaired) electrons. The van der Waals surface area contributed by atoms with Gasteiger partial charge in [-0.05, 0) is 24.6 Å². The quantitative estimate of drug-likeness (QED) is 0.786. The average molecular weight is 275 g/mol. The van der Waals surface area contributed by atoms with E-state index in [0.717, 1.165) is 0 Å². The van der Waals surface area contributed by atoms with Gasteiger partial charge >= 0.3 is 0 Å². The van der Waals surface area contributed by atoms with E-state index in [9.17, 15) is 9.18 Å². The fourth-order valence-corrected chi connectivity index (χ4v) is 2.36. The van der Waals surface area contributed by atoms with Gasteiger partial charge in [-0.15, -0.1) is 10.2 Å². The summed E-state index contributed by atoms with van der Waals surface area (Å²) in [5.41, 5.74) is 6.45. The van der Waals surface area contributed by atoms with Gasteiger partial charge in [-0.2, -0.15) is 0 Å². The Morgan fingerprint density at radius 1 is 1.40 bits per heavy atom. The molecule has 1 aliphatic heterocycles. The molecule has 2 heterocycles. The minimum atomic E-state index is -0.517. The van der Waals surface area contributed by atoms with E-state index in [1.807, 2.05) is 4.57 Å². The molecule has 6 nitrogen and oxygen atoms in total. The van der Waals surface area contributed by atoms with Crippen LogP contribution in [0.5, 0.6) is 0 Å². The number of anilines is 1. The van der Waals surface area contributed by atoms with Crippen molar-refractivity contribution in [3.8, 4) is 0 Å². The summed E-state index contributed by atoms with van der Waals surface area (Å²) < 4.78 is 16.0. The van der Waals surface area contributed by atoms with E-state index in [-0.39, 0.29) is 11.5 Å². The number of aryl methyl sites for hydroxylation is 1. The van der Waals surface area contributed by atoms with E-state index < -0.39 is 5.82 Å². The lowest BCUT2D eigenvalue weighted by Gasteiger charge is -2.27. The van der Waals surface area contributed by atoms with Gasteiger partial charge in [0.1, 0.15) is 12.1 Å². The Morgan fingerprint density at radius 3 is 3.00 bits per heavy atom. The number of carbonyl (C=O) groups excluding carboxylic acids is 1. The summed E-state index contributed by atoms with van der Waals surface area (Å²) in [5, 5.41) is 7.74. The highest BCUT2D eigenvalue weighted by atomic mass is 19.1. The molecule has 1 aromatic heterocycles. The fourth-order valence-electron chi connectivity index (χ4n) is 2.36. The van der Waals surface area contributed by atoms with Crippen LogP contribution in [0, 0.1) is 12.7 Å². The van der Waals surface area contributed by atoms with E-state index in [4.69, 9.17) is 5.73 Å². The Morgan fingerprint density at radius 2 is 2.20 bits per heavy atom. The molecule has 3 rings (SSSR count). The van der Waals surface area contributed by atoms with Crippen LogP contribution in [0.4, 0.5) is 10.1 Å². The molecule has 1 aliphatic rings. The number of carbonyl (C=O) groups is 1. The Bertz CT molecular complexity index is 681. The van der Waals surface area contributed by atoms with E-state index in [2.05, 4.69) is 10.2 Å². The first-order valence-corrected chi connectivity index (χ1v) is 6.28. The average Bonchev–Trinajstić information content (AvgIpc) is 2.89. The third kappa shape index (κ3) is 2.01. The monoisotopic (exact) mass is 275 g/mol. The predicted octanol–water partition coefficient (Wildman–Crippen LogP) is 0.964. The van der Waals surface area contributed by atoms with Crippen molar-refractivity contribution in [2.45, 2.75) is 20.0 Å². The Balaban J connectivity index is 1.91. The SMILES string of the molecule is Cc1cc(N)cc(C(=O)N2CCn3cnnc3C2)c1F. The number of halogens is 1. The van der Waals surface area contributed by atoms with Gasteiger partial charge in [0.15, 0.2) is 5.82 Å². The van der Waals surface area contributed by atoms with Crippen LogP contribution in [0.2, 0.25) is 0 Å². The van der Waals surface area contributed by atoms with Crippen molar-refractivity contribution in [1.82, 2.24) is 19.7 Å². The molecular formula is C13H14FN5O. The molecule has 1 aromatic carbocycles. The van der Waals surface area contributed by atoms with Crippen LogP contribution in [-0.2, 0) is 13.1 Å². The molecule has 104 valence electrons. The summed E-state index contributed by atoms with van der Waals surface area (Å²) in [6, 6.07) is 2.89. The normalized spacial score (nSPS) is 14.2. The van der Waals surface area contributed by atoms with Gasteiger partial charge in [0.2, 0.25) is 0 Å². The zero-order valence-corrected chi connectivity index (χ0v) is 11.0. The minimum absolute atomic E-state index is 0.00969. The number of nitrogen functional groups attached to an aromatic ring is 1. The lowest BCUT2D eigenvalue weighted by Crippen LogP contribution is -2.38. The first kappa shape index (κ1) is 12.6. The van der Waals surface area contributed by atoms with Crippen molar-refractivity contribution in [1.29, 1.82) is 0 Å². The summed E-state index contributed by atoms with van der Waals surface area (Å²) in [4.78, 5) is 14.0. The molecule has 20 heavy (non-hydrogen) atoms. The highest BCUT2D eigenvalue weighted by Gasteiger charge is 2.25. The van der Waals surface area contributed by atoms with Gasteiger partial charge in [0, 0.05) is 18.8 Å². The zero-order valence-electron chi connectivity index (χ0n) is 11.0. The number of nitrogens with two attached hydrogens (primary N) is 1. The van der Waals surface area contributed by atoms with Gasteiger partial charge in [-0.1, -0.05) is 0 Å². The second kappa shape index (κ2) is 4.59. The Hall–Kier alpha value is -2.44. The lowest BCUT2D eigenvalue weighted by atomic mass is 10.1. The lowest BCUT2D eigenvalue weighted by molar-refractivity contribution is 0.0702. The molecule has 7 heteroatoms. The molecule has 0 bridgehead atoms. The van der Waals surface area contributed by atoms with Crippen LogP contribution < -0.4 is 5.73 Å². The standard InChI is InChI=1S/C13H14FN5O/c1-8-4-9(15)5-10(12(8)14)13(20)18-2-3-19-7-16-17-11(19)6-18/h4-5,7H,2-3,6,15H2,1H3. The van der Waals surface area contributed by atoms with Crippen molar-refractivity contribution in [3.63, 3.8) is 0 Å². The molecule has 0 saturated heterocycles. The van der Waals surface area contributed by atoms with Crippen LogP contribution in [0.15, 0.2) is 18.5 Å². The van der Waals surface area contributed by atoms with E-state index in [0.29, 0.717) is 36.7 Å². The van der Waals surface area contributed by atoms with Crippen LogP contribution in [0.25, 0.3) is 0 Å². The first-order chi connectivity index (χ1) is 9.56. The van der Waals surface area contributed by atoms with Crippen LogP contribution in [0.1, 0.15) is 21.7 Å². The number of amides is 1. The van der Waals surface area contributed by atoms with Crippen LogP contribution in [-0.4, -0.2) is 32.1 Å². The van der Waals surface area contributed by atoms with Crippen molar-refractivity contribution in [3.05, 3.63) is 41.2 Å². The molecule has 0 unspecified atom stereocenters. The number of rotatable bonds is 1. The maximum atomic E-state index is 14.1. The van der Waals surface area contributed by atoms with Crippen molar-refractivity contribution in [2.75, 3.05) is 12.3 Å². The molecule has 0 fully saturated rings. The third-order valence-electron chi connectivity index (χ3n) is 3.43. The molecule has 1 amide bonds. The maximum absolute atomic E-state index is 14.1. The Kier molecular flexibility index (Phi) is 2.89. The number of hydrogen-bond acceptors (Lipinski definition) is 4.